The number of nitrogens with zero attached hydrogens (tertiary/aromatic N) is 1. The molecule has 2 heteroatoms. The lowest BCUT2D eigenvalue weighted by Gasteiger charge is -2.19. The van der Waals surface area contributed by atoms with E-state index in [1.807, 2.05) is 0 Å². The Hall–Kier alpha value is -0.340. The quantitative estimate of drug-likeness (QED) is 0.642. The predicted octanol–water partition coefficient (Wildman–Crippen LogP) is 1.23. The van der Waals surface area contributed by atoms with Crippen molar-refractivity contribution in [3.05, 3.63) is 12.2 Å². The van der Waals surface area contributed by atoms with Crippen molar-refractivity contribution in [3.8, 4) is 0 Å². The second kappa shape index (κ2) is 4.63. The van der Waals surface area contributed by atoms with Crippen molar-refractivity contribution in [2.45, 2.75) is 26.3 Å². The van der Waals surface area contributed by atoms with Crippen molar-refractivity contribution in [3.63, 3.8) is 0 Å². The van der Waals surface area contributed by atoms with Crippen LogP contribution in [0.4, 0.5) is 0 Å². The van der Waals surface area contributed by atoms with E-state index in [1.165, 1.54) is 19.5 Å². The Kier molecular flexibility index (Phi) is 3.76. The minimum atomic E-state index is 0.679. The molecule has 1 aliphatic rings. The molecular weight excluding hydrogens is 148 g/mol. The van der Waals surface area contributed by atoms with E-state index < -0.39 is 0 Å². The molecule has 2 nitrogen and oxygen atoms in total. The standard InChI is InChI=1S/C10H20N2/c1-9(2)12-7-5-10(8-12)4-3-6-11/h3-4,9-10H,5-8,11H2,1-2H3/b4-3-. The molecule has 0 aromatic carbocycles. The van der Waals surface area contributed by atoms with Gasteiger partial charge in [0.2, 0.25) is 0 Å². The molecule has 0 radical (unpaired) electrons. The molecule has 1 saturated heterocycles. The van der Waals surface area contributed by atoms with Crippen LogP contribution >= 0.6 is 0 Å². The first kappa shape index (κ1) is 9.75. The van der Waals surface area contributed by atoms with Crippen LogP contribution in [-0.4, -0.2) is 30.6 Å². The second-order valence-electron chi connectivity index (χ2n) is 3.80. The topological polar surface area (TPSA) is 29.3 Å². The highest BCUT2D eigenvalue weighted by molar-refractivity contribution is 4.94. The molecule has 1 heterocycles. The van der Waals surface area contributed by atoms with Gasteiger partial charge in [0, 0.05) is 19.1 Å². The lowest BCUT2D eigenvalue weighted by molar-refractivity contribution is 0.270. The van der Waals surface area contributed by atoms with Gasteiger partial charge >= 0.3 is 0 Å². The lowest BCUT2D eigenvalue weighted by Crippen LogP contribution is -2.27. The zero-order valence-corrected chi connectivity index (χ0v) is 8.16. The van der Waals surface area contributed by atoms with E-state index in [1.54, 1.807) is 0 Å². The minimum absolute atomic E-state index is 0.679. The molecule has 2 N–H and O–H groups in total. The molecule has 0 spiro atoms. The van der Waals surface area contributed by atoms with Crippen LogP contribution in [0.25, 0.3) is 0 Å². The zero-order valence-electron chi connectivity index (χ0n) is 8.16. The van der Waals surface area contributed by atoms with Gasteiger partial charge in [0.1, 0.15) is 0 Å². The first-order valence-electron chi connectivity index (χ1n) is 4.85. The highest BCUT2D eigenvalue weighted by atomic mass is 15.2. The molecule has 1 atom stereocenters. The Morgan fingerprint density at radius 1 is 1.58 bits per heavy atom. The van der Waals surface area contributed by atoms with E-state index in [0.717, 1.165) is 5.92 Å². The Labute approximate surface area is 75.4 Å². The van der Waals surface area contributed by atoms with E-state index >= 15 is 0 Å². The summed E-state index contributed by atoms with van der Waals surface area (Å²) in [4.78, 5) is 2.52. The SMILES string of the molecule is CC(C)N1CCC(/C=C\CN)C1. The molecule has 0 saturated carbocycles. The zero-order chi connectivity index (χ0) is 8.97. The number of nitrogens with two attached hydrogens (primary N) is 1. The van der Waals surface area contributed by atoms with Gasteiger partial charge in [0.25, 0.3) is 0 Å². The van der Waals surface area contributed by atoms with Crippen LogP contribution in [0.1, 0.15) is 20.3 Å². The average Bonchev–Trinajstić information content (AvgIpc) is 2.48. The minimum Gasteiger partial charge on any atom is -0.327 e. The van der Waals surface area contributed by atoms with Crippen LogP contribution < -0.4 is 5.73 Å². The highest BCUT2D eigenvalue weighted by Gasteiger charge is 2.21. The second-order valence-corrected chi connectivity index (χ2v) is 3.80. The number of likely N-dealkylation sites (tertiary alicyclic amines) is 1. The summed E-state index contributed by atoms with van der Waals surface area (Å²) in [6.45, 7) is 7.66. The number of hydrogen-bond acceptors (Lipinski definition) is 2. The molecule has 0 bridgehead atoms. The molecule has 1 aliphatic heterocycles. The van der Waals surface area contributed by atoms with Crippen LogP contribution in [0.2, 0.25) is 0 Å². The largest absolute Gasteiger partial charge is 0.327 e. The van der Waals surface area contributed by atoms with Gasteiger partial charge in [-0.1, -0.05) is 12.2 Å². The van der Waals surface area contributed by atoms with Crippen molar-refractivity contribution < 1.29 is 0 Å². The molecule has 0 aromatic rings. The van der Waals surface area contributed by atoms with Crippen molar-refractivity contribution in [2.24, 2.45) is 11.7 Å². The Morgan fingerprint density at radius 3 is 2.83 bits per heavy atom. The fraction of sp³-hybridized carbons (Fsp3) is 0.800. The van der Waals surface area contributed by atoms with Crippen LogP contribution in [0.3, 0.4) is 0 Å². The first-order valence-corrected chi connectivity index (χ1v) is 4.85. The smallest absolute Gasteiger partial charge is 0.0106 e. The van der Waals surface area contributed by atoms with Crippen molar-refractivity contribution in [2.75, 3.05) is 19.6 Å². The monoisotopic (exact) mass is 168 g/mol. The predicted molar refractivity (Wildman–Crippen MR) is 53.0 cm³/mol. The highest BCUT2D eigenvalue weighted by Crippen LogP contribution is 2.19. The van der Waals surface area contributed by atoms with Crippen molar-refractivity contribution >= 4 is 0 Å². The van der Waals surface area contributed by atoms with Gasteiger partial charge in [0.05, 0.1) is 0 Å². The van der Waals surface area contributed by atoms with Gasteiger partial charge in [-0.3, -0.25) is 0 Å². The lowest BCUT2D eigenvalue weighted by atomic mass is 10.1. The van der Waals surface area contributed by atoms with Crippen LogP contribution in [0, 0.1) is 5.92 Å². The van der Waals surface area contributed by atoms with Crippen molar-refractivity contribution in [1.82, 2.24) is 4.90 Å². The third-order valence-electron chi connectivity index (χ3n) is 2.53. The van der Waals surface area contributed by atoms with Crippen molar-refractivity contribution in [1.29, 1.82) is 0 Å². The van der Waals surface area contributed by atoms with Gasteiger partial charge in [0.15, 0.2) is 0 Å². The molecular formula is C10H20N2. The molecule has 1 rings (SSSR count). The Bertz CT molecular complexity index is 152. The van der Waals surface area contributed by atoms with E-state index in [2.05, 4.69) is 30.9 Å². The average molecular weight is 168 g/mol. The summed E-state index contributed by atoms with van der Waals surface area (Å²) in [5, 5.41) is 0. The summed E-state index contributed by atoms with van der Waals surface area (Å²) in [5.74, 6) is 0.746. The molecule has 1 fully saturated rings. The summed E-state index contributed by atoms with van der Waals surface area (Å²) in [6.07, 6.45) is 5.64. The van der Waals surface area contributed by atoms with E-state index in [9.17, 15) is 0 Å². The third kappa shape index (κ3) is 2.61. The summed E-state index contributed by atoms with van der Waals surface area (Å²) >= 11 is 0. The Balaban J connectivity index is 2.30. The summed E-state index contributed by atoms with van der Waals surface area (Å²) in [7, 11) is 0. The maximum atomic E-state index is 5.40. The molecule has 1 unspecified atom stereocenters. The number of rotatable bonds is 3. The fourth-order valence-corrected chi connectivity index (χ4v) is 1.71. The molecule has 0 aromatic heterocycles. The van der Waals surface area contributed by atoms with E-state index in [4.69, 9.17) is 5.73 Å². The molecule has 0 amide bonds. The van der Waals surface area contributed by atoms with Gasteiger partial charge < -0.3 is 10.6 Å². The first-order chi connectivity index (χ1) is 5.74. The van der Waals surface area contributed by atoms with Crippen LogP contribution in [0.5, 0.6) is 0 Å². The van der Waals surface area contributed by atoms with Crippen LogP contribution in [-0.2, 0) is 0 Å². The van der Waals surface area contributed by atoms with E-state index in [-0.39, 0.29) is 0 Å². The maximum Gasteiger partial charge on any atom is 0.0106 e. The molecule has 70 valence electrons. The summed E-state index contributed by atoms with van der Waals surface area (Å²) in [6, 6.07) is 0.696. The molecule has 0 aliphatic carbocycles. The van der Waals surface area contributed by atoms with Gasteiger partial charge in [-0.2, -0.15) is 0 Å². The van der Waals surface area contributed by atoms with Gasteiger partial charge in [-0.25, -0.2) is 0 Å². The third-order valence-corrected chi connectivity index (χ3v) is 2.53. The van der Waals surface area contributed by atoms with Gasteiger partial charge in [-0.15, -0.1) is 0 Å². The van der Waals surface area contributed by atoms with Gasteiger partial charge in [-0.05, 0) is 32.7 Å². The maximum absolute atomic E-state index is 5.40. The normalized spacial score (nSPS) is 26.2. The summed E-state index contributed by atoms with van der Waals surface area (Å²) in [5.41, 5.74) is 5.40. The van der Waals surface area contributed by atoms with Crippen LogP contribution in [0.15, 0.2) is 12.2 Å². The summed E-state index contributed by atoms with van der Waals surface area (Å²) < 4.78 is 0. The van der Waals surface area contributed by atoms with E-state index in [0.29, 0.717) is 12.6 Å². The molecule has 12 heavy (non-hydrogen) atoms. The fourth-order valence-electron chi connectivity index (χ4n) is 1.71. The Morgan fingerprint density at radius 2 is 2.33 bits per heavy atom. The number of hydrogen-bond donors (Lipinski definition) is 1.